The molecular weight excluding hydrogens is 338 g/mol. The van der Waals surface area contributed by atoms with Crippen LogP contribution >= 0.6 is 23.5 Å². The molecule has 0 amide bonds. The molecule has 90 valence electrons. The predicted octanol–water partition coefficient (Wildman–Crippen LogP) is -2.48. The second kappa shape index (κ2) is 37.0. The Morgan fingerprint density at radius 3 is 0.769 bits per heavy atom. The summed E-state index contributed by atoms with van der Waals surface area (Å²) in [5.74, 6) is 5.04. The summed E-state index contributed by atoms with van der Waals surface area (Å²) in [5.41, 5.74) is 0. The van der Waals surface area contributed by atoms with Crippen LogP contribution in [0.2, 0.25) is 0 Å². The molecule has 0 saturated heterocycles. The van der Waals surface area contributed by atoms with E-state index in [1.165, 1.54) is 23.0 Å². The van der Waals surface area contributed by atoms with Gasteiger partial charge in [-0.05, 0) is 23.0 Å². The first kappa shape index (κ1) is 29.4. The van der Waals surface area contributed by atoms with Gasteiger partial charge in [-0.15, -0.1) is 0 Å². The molecule has 0 rings (SSSR count). The first-order chi connectivity index (χ1) is 4.83. The molecule has 0 atom stereocenters. The van der Waals surface area contributed by atoms with Gasteiger partial charge in [0.2, 0.25) is 0 Å². The van der Waals surface area contributed by atoms with Gasteiger partial charge in [0, 0.05) is 20.4 Å². The number of rotatable bonds is 4. The van der Waals surface area contributed by atoms with Crippen LogP contribution in [0.4, 0.5) is 0 Å². The van der Waals surface area contributed by atoms with Crippen LogP contribution in [0.1, 0.15) is 27.7 Å². The van der Waals surface area contributed by atoms with Crippen molar-refractivity contribution in [3.8, 4) is 0 Å². The number of halogens is 2. The van der Waals surface area contributed by atoms with Crippen LogP contribution in [0, 0.1) is 0 Å². The average molecular weight is 358 g/mol. The molecule has 0 N–H and O–H groups in total. The van der Waals surface area contributed by atoms with Gasteiger partial charge < -0.3 is 24.8 Å². The Morgan fingerprint density at radius 1 is 0.615 bits per heavy atom. The van der Waals surface area contributed by atoms with Crippen LogP contribution in [0.25, 0.3) is 0 Å². The third-order valence-electron chi connectivity index (χ3n) is 0.816. The molecule has 0 aromatic heterocycles. The minimum absolute atomic E-state index is 0. The van der Waals surface area contributed by atoms with E-state index < -0.39 is 0 Å². The fraction of sp³-hybridized carbons (Fsp3) is 1.00. The summed E-state index contributed by atoms with van der Waals surface area (Å²) in [6.45, 7) is 8.70. The minimum atomic E-state index is 0. The molecule has 0 radical (unpaired) electrons. The molecule has 0 fully saturated rings. The van der Waals surface area contributed by atoms with Crippen molar-refractivity contribution in [2.75, 3.05) is 23.0 Å². The molecular formula is C8H20Cl2PdS2-2. The van der Waals surface area contributed by atoms with Crippen molar-refractivity contribution in [3.63, 3.8) is 0 Å². The van der Waals surface area contributed by atoms with Gasteiger partial charge in [-0.25, -0.2) is 0 Å². The molecule has 0 bridgehead atoms. The van der Waals surface area contributed by atoms with Gasteiger partial charge in [-0.3, -0.25) is 0 Å². The predicted molar refractivity (Wildman–Crippen MR) is 57.3 cm³/mol. The number of hydrogen-bond donors (Lipinski definition) is 0. The second-order valence-electron chi connectivity index (χ2n) is 1.56. The molecule has 0 spiro atoms. The topological polar surface area (TPSA) is 0 Å². The number of hydrogen-bond acceptors (Lipinski definition) is 2. The van der Waals surface area contributed by atoms with E-state index in [2.05, 4.69) is 27.7 Å². The van der Waals surface area contributed by atoms with Gasteiger partial charge in [0.25, 0.3) is 0 Å². The summed E-state index contributed by atoms with van der Waals surface area (Å²) < 4.78 is 0. The van der Waals surface area contributed by atoms with Crippen molar-refractivity contribution in [1.82, 2.24) is 0 Å². The van der Waals surface area contributed by atoms with Crippen molar-refractivity contribution < 1.29 is 45.2 Å². The molecule has 0 nitrogen and oxygen atoms in total. The molecule has 0 unspecified atom stereocenters. The molecule has 13 heavy (non-hydrogen) atoms. The quantitative estimate of drug-likeness (QED) is 0.511. The van der Waals surface area contributed by atoms with E-state index in [4.69, 9.17) is 0 Å². The van der Waals surface area contributed by atoms with Gasteiger partial charge >= 0.3 is 0 Å². The van der Waals surface area contributed by atoms with Crippen molar-refractivity contribution >= 4 is 23.5 Å². The maximum Gasteiger partial charge on any atom is 0 e. The Hall–Kier alpha value is 1.94. The molecule has 0 aromatic rings. The Labute approximate surface area is 119 Å². The van der Waals surface area contributed by atoms with Crippen LogP contribution in [0.3, 0.4) is 0 Å². The van der Waals surface area contributed by atoms with E-state index >= 15 is 0 Å². The maximum atomic E-state index is 2.17. The van der Waals surface area contributed by atoms with Gasteiger partial charge in [-0.1, -0.05) is 27.7 Å². The van der Waals surface area contributed by atoms with Crippen LogP contribution in [0.15, 0.2) is 0 Å². The van der Waals surface area contributed by atoms with Gasteiger partial charge in [-0.2, -0.15) is 23.5 Å². The molecule has 5 heteroatoms. The Kier molecular flexibility index (Phi) is 83.7. The van der Waals surface area contributed by atoms with Gasteiger partial charge in [0.05, 0.1) is 0 Å². The summed E-state index contributed by atoms with van der Waals surface area (Å²) in [4.78, 5) is 0. The molecule has 0 aliphatic heterocycles. The zero-order valence-electron chi connectivity index (χ0n) is 8.72. The largest absolute Gasteiger partial charge is 1.00 e. The summed E-state index contributed by atoms with van der Waals surface area (Å²) in [5, 5.41) is 0. The minimum Gasteiger partial charge on any atom is -1.00 e. The maximum absolute atomic E-state index is 2.17. The fourth-order valence-corrected chi connectivity index (χ4v) is 1.22. The third-order valence-corrected chi connectivity index (χ3v) is 2.45. The smallest absolute Gasteiger partial charge is 0 e. The van der Waals surface area contributed by atoms with Gasteiger partial charge in [0.1, 0.15) is 0 Å². The summed E-state index contributed by atoms with van der Waals surface area (Å²) in [7, 11) is 0. The molecule has 0 aromatic carbocycles. The third kappa shape index (κ3) is 56.3. The standard InChI is InChI=1S/2C4H10S.2ClH.Pd/c2*1-3-5-4-2;;;/h2*3-4H2,1-2H3;2*1H;/p-2. The van der Waals surface area contributed by atoms with E-state index in [9.17, 15) is 0 Å². The normalized spacial score (nSPS) is 6.46. The van der Waals surface area contributed by atoms with Gasteiger partial charge in [0.15, 0.2) is 0 Å². The second-order valence-corrected chi connectivity index (χ2v) is 4.69. The first-order valence-corrected chi connectivity index (χ1v) is 6.29. The van der Waals surface area contributed by atoms with Crippen LogP contribution in [-0.2, 0) is 20.4 Å². The summed E-state index contributed by atoms with van der Waals surface area (Å²) in [6.07, 6.45) is 0. The van der Waals surface area contributed by atoms with Crippen molar-refractivity contribution in [1.29, 1.82) is 0 Å². The van der Waals surface area contributed by atoms with Crippen LogP contribution in [-0.4, -0.2) is 23.0 Å². The summed E-state index contributed by atoms with van der Waals surface area (Å²) >= 11 is 3.93. The fourth-order valence-electron chi connectivity index (χ4n) is 0.408. The van der Waals surface area contributed by atoms with E-state index in [1.807, 2.05) is 23.5 Å². The zero-order valence-corrected chi connectivity index (χ0v) is 13.4. The zero-order chi connectivity index (χ0) is 8.24. The van der Waals surface area contributed by atoms with Crippen LogP contribution in [0.5, 0.6) is 0 Å². The van der Waals surface area contributed by atoms with Crippen LogP contribution < -0.4 is 24.8 Å². The van der Waals surface area contributed by atoms with Crippen molar-refractivity contribution in [2.24, 2.45) is 0 Å². The van der Waals surface area contributed by atoms with E-state index in [0.29, 0.717) is 0 Å². The van der Waals surface area contributed by atoms with Crippen molar-refractivity contribution in [3.05, 3.63) is 0 Å². The molecule has 0 aliphatic rings. The SMILES string of the molecule is CCSCC.CCSCC.[Cl-].[Cl-].[Pd]. The summed E-state index contributed by atoms with van der Waals surface area (Å²) in [6, 6.07) is 0. The first-order valence-electron chi connectivity index (χ1n) is 3.98. The Bertz CT molecular complexity index is 41.1. The Morgan fingerprint density at radius 2 is 0.769 bits per heavy atom. The molecule has 0 heterocycles. The van der Waals surface area contributed by atoms with E-state index in [1.54, 1.807) is 0 Å². The number of thioether (sulfide) groups is 2. The Balaban J connectivity index is -0.0000000267. The average Bonchev–Trinajstić information content (AvgIpc) is 1.93. The monoisotopic (exact) mass is 356 g/mol. The molecule has 0 saturated carbocycles. The van der Waals surface area contributed by atoms with Crippen molar-refractivity contribution in [2.45, 2.75) is 27.7 Å². The molecule has 0 aliphatic carbocycles. The van der Waals surface area contributed by atoms with E-state index in [0.717, 1.165) is 0 Å². The van der Waals surface area contributed by atoms with E-state index in [-0.39, 0.29) is 45.2 Å².